The fourth-order valence-electron chi connectivity index (χ4n) is 1.89. The summed E-state index contributed by atoms with van der Waals surface area (Å²) in [5, 5.41) is 30.5. The van der Waals surface area contributed by atoms with E-state index in [1.807, 2.05) is 0 Å². The normalized spacial score (nSPS) is 11.0. The quantitative estimate of drug-likeness (QED) is 0.391. The van der Waals surface area contributed by atoms with E-state index in [-0.39, 0.29) is 16.9 Å². The van der Waals surface area contributed by atoms with Crippen LogP contribution >= 0.6 is 0 Å². The van der Waals surface area contributed by atoms with Crippen LogP contribution in [0.5, 0.6) is 0 Å². The van der Waals surface area contributed by atoms with Gasteiger partial charge in [0.1, 0.15) is 0 Å². The van der Waals surface area contributed by atoms with Gasteiger partial charge in [-0.1, -0.05) is 0 Å². The van der Waals surface area contributed by atoms with Gasteiger partial charge in [0, 0.05) is 24.3 Å². The van der Waals surface area contributed by atoms with E-state index >= 15 is 0 Å². The highest BCUT2D eigenvalue weighted by atomic mass is 16.6. The molecule has 1 N–H and O–H groups in total. The zero-order valence-corrected chi connectivity index (χ0v) is 11.6. The number of non-ortho nitro benzene ring substituents is 2. The Kier molecular flexibility index (Phi) is 4.46. The maximum atomic E-state index is 11.4. The maximum Gasteiger partial charge on any atom is 0.336 e. The fraction of sp³-hybridized carbons (Fsp3) is 0. The molecule has 116 valence electrons. The van der Waals surface area contributed by atoms with Crippen LogP contribution in [0.15, 0.2) is 48.5 Å². The first-order valence-corrected chi connectivity index (χ1v) is 6.33. The zero-order chi connectivity index (χ0) is 17.0. The first kappa shape index (κ1) is 15.8. The first-order chi connectivity index (χ1) is 10.9. The van der Waals surface area contributed by atoms with Crippen molar-refractivity contribution in [3.8, 4) is 0 Å². The molecule has 2 aromatic rings. The van der Waals surface area contributed by atoms with Crippen LogP contribution < -0.4 is 0 Å². The van der Waals surface area contributed by atoms with E-state index in [4.69, 9.17) is 0 Å². The third kappa shape index (κ3) is 3.76. The highest BCUT2D eigenvalue weighted by molar-refractivity contribution is 6.20. The van der Waals surface area contributed by atoms with E-state index in [1.165, 1.54) is 54.6 Å². The van der Waals surface area contributed by atoms with Gasteiger partial charge in [0.05, 0.1) is 15.4 Å². The molecule has 2 rings (SSSR count). The number of hydrogen-bond acceptors (Lipinski definition) is 5. The number of carboxylic acid groups (broad SMARTS) is 1. The van der Waals surface area contributed by atoms with E-state index in [0.717, 1.165) is 0 Å². The summed E-state index contributed by atoms with van der Waals surface area (Å²) in [6.45, 7) is 0. The second-order valence-corrected chi connectivity index (χ2v) is 4.52. The molecular weight excluding hydrogens is 304 g/mol. The Balaban J connectivity index is 2.39. The van der Waals surface area contributed by atoms with Gasteiger partial charge >= 0.3 is 5.97 Å². The average Bonchev–Trinajstić information content (AvgIpc) is 2.53. The molecule has 0 fully saturated rings. The Morgan fingerprint density at radius 2 is 1.30 bits per heavy atom. The molecule has 0 spiro atoms. The zero-order valence-electron chi connectivity index (χ0n) is 11.6. The van der Waals surface area contributed by atoms with Crippen molar-refractivity contribution in [2.45, 2.75) is 0 Å². The number of hydrogen-bond donors (Lipinski definition) is 1. The van der Waals surface area contributed by atoms with E-state index in [1.54, 1.807) is 0 Å². The van der Waals surface area contributed by atoms with Crippen molar-refractivity contribution in [2.24, 2.45) is 0 Å². The molecule has 8 nitrogen and oxygen atoms in total. The largest absolute Gasteiger partial charge is 0.478 e. The van der Waals surface area contributed by atoms with E-state index in [9.17, 15) is 30.1 Å². The third-order valence-electron chi connectivity index (χ3n) is 3.03. The molecule has 0 unspecified atom stereocenters. The predicted octanol–water partition coefficient (Wildman–Crippen LogP) is 3.13. The lowest BCUT2D eigenvalue weighted by atomic mass is 10.0. The molecule has 0 saturated carbocycles. The van der Waals surface area contributed by atoms with E-state index in [0.29, 0.717) is 11.1 Å². The summed E-state index contributed by atoms with van der Waals surface area (Å²) >= 11 is 0. The Labute approximate surface area is 129 Å². The van der Waals surface area contributed by atoms with Crippen LogP contribution in [0.25, 0.3) is 11.6 Å². The molecule has 0 aliphatic carbocycles. The molecule has 0 atom stereocenters. The SMILES string of the molecule is O=C(O)/C(=C\c1ccc([N+](=O)[O-])cc1)c1ccc([N+](=O)[O-])cc1. The Hall–Kier alpha value is -3.55. The van der Waals surface area contributed by atoms with Gasteiger partial charge in [-0.05, 0) is 41.5 Å². The van der Waals surface area contributed by atoms with Gasteiger partial charge in [0.25, 0.3) is 11.4 Å². The number of rotatable bonds is 5. The lowest BCUT2D eigenvalue weighted by molar-refractivity contribution is -0.385. The molecular formula is C15H10N2O6. The highest BCUT2D eigenvalue weighted by Crippen LogP contribution is 2.22. The number of nitro groups is 2. The lowest BCUT2D eigenvalue weighted by Crippen LogP contribution is -2.00. The van der Waals surface area contributed by atoms with Crippen LogP contribution in [0.3, 0.4) is 0 Å². The predicted molar refractivity (Wildman–Crippen MR) is 81.7 cm³/mol. The van der Waals surface area contributed by atoms with Crippen LogP contribution in [0.1, 0.15) is 11.1 Å². The van der Waals surface area contributed by atoms with Gasteiger partial charge in [-0.3, -0.25) is 20.2 Å². The second-order valence-electron chi connectivity index (χ2n) is 4.52. The second kappa shape index (κ2) is 6.48. The maximum absolute atomic E-state index is 11.4. The summed E-state index contributed by atoms with van der Waals surface area (Å²) < 4.78 is 0. The Morgan fingerprint density at radius 1 is 0.870 bits per heavy atom. The van der Waals surface area contributed by atoms with Crippen LogP contribution in [0.2, 0.25) is 0 Å². The van der Waals surface area contributed by atoms with E-state index < -0.39 is 15.8 Å². The molecule has 8 heteroatoms. The number of nitro benzene ring substituents is 2. The van der Waals surface area contributed by atoms with E-state index in [2.05, 4.69) is 0 Å². The minimum atomic E-state index is -1.21. The summed E-state index contributed by atoms with van der Waals surface area (Å²) in [5.41, 5.74) is 0.435. The van der Waals surface area contributed by atoms with Crippen molar-refractivity contribution in [3.63, 3.8) is 0 Å². The summed E-state index contributed by atoms with van der Waals surface area (Å²) in [6, 6.07) is 10.5. The van der Waals surface area contributed by atoms with Crippen molar-refractivity contribution >= 4 is 29.0 Å². The van der Waals surface area contributed by atoms with Gasteiger partial charge < -0.3 is 5.11 Å². The Morgan fingerprint density at radius 3 is 1.70 bits per heavy atom. The number of carboxylic acids is 1. The van der Waals surface area contributed by atoms with Crippen molar-refractivity contribution in [1.29, 1.82) is 0 Å². The van der Waals surface area contributed by atoms with Gasteiger partial charge in [-0.25, -0.2) is 4.79 Å². The number of nitrogens with zero attached hydrogens (tertiary/aromatic N) is 2. The van der Waals surface area contributed by atoms with Crippen molar-refractivity contribution < 1.29 is 19.7 Å². The highest BCUT2D eigenvalue weighted by Gasteiger charge is 2.13. The van der Waals surface area contributed by atoms with Crippen LogP contribution in [-0.4, -0.2) is 20.9 Å². The molecule has 0 aliphatic rings. The molecule has 0 heterocycles. The number of aliphatic carboxylic acids is 1. The van der Waals surface area contributed by atoms with Gasteiger partial charge in [-0.15, -0.1) is 0 Å². The molecule has 0 aromatic heterocycles. The Bertz CT molecular complexity index is 794. The molecule has 23 heavy (non-hydrogen) atoms. The van der Waals surface area contributed by atoms with Gasteiger partial charge in [0.2, 0.25) is 0 Å². The smallest absolute Gasteiger partial charge is 0.336 e. The topological polar surface area (TPSA) is 124 Å². The molecule has 0 saturated heterocycles. The minimum absolute atomic E-state index is 0.0752. The van der Waals surface area contributed by atoms with Crippen molar-refractivity contribution in [2.75, 3.05) is 0 Å². The van der Waals surface area contributed by atoms with Crippen LogP contribution in [0.4, 0.5) is 11.4 Å². The van der Waals surface area contributed by atoms with Crippen LogP contribution in [0, 0.1) is 20.2 Å². The van der Waals surface area contributed by atoms with Gasteiger partial charge in [-0.2, -0.15) is 0 Å². The average molecular weight is 314 g/mol. The third-order valence-corrected chi connectivity index (χ3v) is 3.03. The van der Waals surface area contributed by atoms with Crippen molar-refractivity contribution in [3.05, 3.63) is 79.9 Å². The first-order valence-electron chi connectivity index (χ1n) is 6.33. The molecule has 0 bridgehead atoms. The summed E-state index contributed by atoms with van der Waals surface area (Å²) in [5.74, 6) is -1.21. The number of carbonyl (C=O) groups is 1. The van der Waals surface area contributed by atoms with Gasteiger partial charge in [0.15, 0.2) is 0 Å². The fourth-order valence-corrected chi connectivity index (χ4v) is 1.89. The summed E-state index contributed by atoms with van der Waals surface area (Å²) in [7, 11) is 0. The lowest BCUT2D eigenvalue weighted by Gasteiger charge is -2.03. The minimum Gasteiger partial charge on any atom is -0.478 e. The molecule has 0 amide bonds. The monoisotopic (exact) mass is 314 g/mol. The van der Waals surface area contributed by atoms with Crippen LogP contribution in [-0.2, 0) is 4.79 Å². The molecule has 0 radical (unpaired) electrons. The summed E-state index contributed by atoms with van der Waals surface area (Å²) in [6.07, 6.45) is 1.34. The van der Waals surface area contributed by atoms with Crippen molar-refractivity contribution in [1.82, 2.24) is 0 Å². The summed E-state index contributed by atoms with van der Waals surface area (Å²) in [4.78, 5) is 31.5. The number of benzene rings is 2. The standard InChI is InChI=1S/C15H10N2O6/c18-15(19)14(11-3-7-13(8-4-11)17(22)23)9-10-1-5-12(6-2-10)16(20)21/h1-9H,(H,18,19)/b14-9-. The molecule has 2 aromatic carbocycles. The molecule has 0 aliphatic heterocycles.